The van der Waals surface area contributed by atoms with E-state index in [4.69, 9.17) is 9.84 Å². The Morgan fingerprint density at radius 3 is 2.83 bits per heavy atom. The smallest absolute Gasteiger partial charge is 0.326 e. The lowest BCUT2D eigenvalue weighted by Gasteiger charge is -2.23. The average molecular weight is 253 g/mol. The van der Waals surface area contributed by atoms with E-state index >= 15 is 0 Å². The molecule has 18 heavy (non-hydrogen) atoms. The van der Waals surface area contributed by atoms with Crippen molar-refractivity contribution >= 4 is 11.9 Å². The normalized spacial score (nSPS) is 11.9. The van der Waals surface area contributed by atoms with Gasteiger partial charge in [0, 0.05) is 19.3 Å². The summed E-state index contributed by atoms with van der Waals surface area (Å²) in [5.74, 6) is -0.0599. The van der Waals surface area contributed by atoms with Crippen LogP contribution in [0.1, 0.15) is 26.7 Å². The van der Waals surface area contributed by atoms with E-state index in [1.807, 2.05) is 13.8 Å². The molecule has 0 saturated heterocycles. The van der Waals surface area contributed by atoms with Crippen molar-refractivity contribution in [3.8, 4) is 5.88 Å². The van der Waals surface area contributed by atoms with Crippen LogP contribution >= 0.6 is 0 Å². The zero-order valence-electron chi connectivity index (χ0n) is 11.0. The van der Waals surface area contributed by atoms with E-state index < -0.39 is 12.0 Å². The molecular weight excluding hydrogens is 234 g/mol. The Morgan fingerprint density at radius 2 is 2.28 bits per heavy atom. The number of carboxylic acids is 1. The van der Waals surface area contributed by atoms with Gasteiger partial charge in [-0.05, 0) is 12.8 Å². The van der Waals surface area contributed by atoms with E-state index in [0.717, 1.165) is 6.42 Å². The zero-order chi connectivity index (χ0) is 13.5. The van der Waals surface area contributed by atoms with Gasteiger partial charge in [-0.25, -0.2) is 9.78 Å². The lowest BCUT2D eigenvalue weighted by molar-refractivity contribution is -0.138. The molecule has 0 saturated carbocycles. The molecule has 1 rings (SSSR count). The summed E-state index contributed by atoms with van der Waals surface area (Å²) in [5, 5.41) is 9.09. The standard InChI is InChI=1S/C12H19N3O3/c1-4-8-18-10-6-7-13-12(14-10)15(3)9(5-2)11(16)17/h6-7,9H,4-5,8H2,1-3H3,(H,16,17). The second-order valence-corrected chi connectivity index (χ2v) is 3.92. The number of hydrogen-bond acceptors (Lipinski definition) is 5. The highest BCUT2D eigenvalue weighted by Gasteiger charge is 2.22. The molecule has 100 valence electrons. The number of aliphatic carboxylic acids is 1. The largest absolute Gasteiger partial charge is 0.480 e. The van der Waals surface area contributed by atoms with Gasteiger partial charge in [-0.3, -0.25) is 0 Å². The molecule has 0 amide bonds. The molecule has 1 aromatic rings. The predicted octanol–water partition coefficient (Wildman–Crippen LogP) is 1.56. The maximum Gasteiger partial charge on any atom is 0.326 e. The van der Waals surface area contributed by atoms with Gasteiger partial charge in [-0.1, -0.05) is 13.8 Å². The summed E-state index contributed by atoms with van der Waals surface area (Å²) >= 11 is 0. The molecule has 6 heteroatoms. The van der Waals surface area contributed by atoms with Crippen LogP contribution in [0.15, 0.2) is 12.3 Å². The molecule has 0 spiro atoms. The molecule has 0 aliphatic carbocycles. The molecule has 6 nitrogen and oxygen atoms in total. The molecule has 0 bridgehead atoms. The Hall–Kier alpha value is -1.85. The van der Waals surface area contributed by atoms with Crippen molar-refractivity contribution in [1.29, 1.82) is 0 Å². The molecular formula is C12H19N3O3. The van der Waals surface area contributed by atoms with Gasteiger partial charge in [0.15, 0.2) is 0 Å². The minimum atomic E-state index is -0.886. The first-order chi connectivity index (χ1) is 8.60. The summed E-state index contributed by atoms with van der Waals surface area (Å²) in [6.07, 6.45) is 2.94. The molecule has 1 atom stereocenters. The maximum absolute atomic E-state index is 11.1. The van der Waals surface area contributed by atoms with Gasteiger partial charge < -0.3 is 14.7 Å². The van der Waals surface area contributed by atoms with Crippen LogP contribution in [0.2, 0.25) is 0 Å². The van der Waals surface area contributed by atoms with Crippen LogP contribution in [-0.4, -0.2) is 40.7 Å². The number of rotatable bonds is 7. The van der Waals surface area contributed by atoms with Crippen molar-refractivity contribution in [2.75, 3.05) is 18.6 Å². The highest BCUT2D eigenvalue weighted by molar-refractivity contribution is 5.77. The minimum Gasteiger partial charge on any atom is -0.480 e. The second-order valence-electron chi connectivity index (χ2n) is 3.92. The Bertz CT molecular complexity index is 398. The van der Waals surface area contributed by atoms with Crippen molar-refractivity contribution in [1.82, 2.24) is 9.97 Å². The number of anilines is 1. The predicted molar refractivity (Wildman–Crippen MR) is 67.9 cm³/mol. The average Bonchev–Trinajstić information content (AvgIpc) is 2.37. The number of carbonyl (C=O) groups is 1. The van der Waals surface area contributed by atoms with Crippen LogP contribution in [0.25, 0.3) is 0 Å². The lowest BCUT2D eigenvalue weighted by Crippen LogP contribution is -2.39. The van der Waals surface area contributed by atoms with Crippen molar-refractivity contribution in [3.63, 3.8) is 0 Å². The number of hydrogen-bond donors (Lipinski definition) is 1. The van der Waals surface area contributed by atoms with Crippen LogP contribution in [0, 0.1) is 0 Å². The van der Waals surface area contributed by atoms with E-state index in [1.165, 1.54) is 0 Å². The fourth-order valence-corrected chi connectivity index (χ4v) is 1.54. The van der Waals surface area contributed by atoms with Gasteiger partial charge >= 0.3 is 5.97 Å². The lowest BCUT2D eigenvalue weighted by atomic mass is 10.2. The number of likely N-dealkylation sites (N-methyl/N-ethyl adjacent to an activating group) is 1. The molecule has 0 aromatic carbocycles. The van der Waals surface area contributed by atoms with Crippen LogP contribution < -0.4 is 9.64 Å². The highest BCUT2D eigenvalue weighted by atomic mass is 16.5. The molecule has 1 N–H and O–H groups in total. The van der Waals surface area contributed by atoms with E-state index in [1.54, 1.807) is 24.2 Å². The van der Waals surface area contributed by atoms with Crippen LogP contribution in [0.3, 0.4) is 0 Å². The summed E-state index contributed by atoms with van der Waals surface area (Å²) in [5.41, 5.74) is 0. The minimum absolute atomic E-state index is 0.359. The Morgan fingerprint density at radius 1 is 1.56 bits per heavy atom. The molecule has 1 aromatic heterocycles. The third kappa shape index (κ3) is 3.58. The summed E-state index contributed by atoms with van der Waals surface area (Å²) in [4.78, 5) is 20.9. The molecule has 1 heterocycles. The van der Waals surface area contributed by atoms with Gasteiger partial charge in [0.25, 0.3) is 0 Å². The summed E-state index contributed by atoms with van der Waals surface area (Å²) < 4.78 is 5.39. The Kier molecular flexibility index (Phi) is 5.35. The topological polar surface area (TPSA) is 75.5 Å². The van der Waals surface area contributed by atoms with Crippen LogP contribution in [-0.2, 0) is 4.79 Å². The van der Waals surface area contributed by atoms with E-state index in [0.29, 0.717) is 24.9 Å². The number of ether oxygens (including phenoxy) is 1. The monoisotopic (exact) mass is 253 g/mol. The fraction of sp³-hybridized carbons (Fsp3) is 0.583. The van der Waals surface area contributed by atoms with E-state index in [-0.39, 0.29) is 0 Å². The number of carboxylic acid groups (broad SMARTS) is 1. The summed E-state index contributed by atoms with van der Waals surface area (Å²) in [6, 6.07) is 1.03. The third-order valence-electron chi connectivity index (χ3n) is 2.53. The molecule has 0 radical (unpaired) electrons. The summed E-state index contributed by atoms with van der Waals surface area (Å²) in [7, 11) is 1.67. The first kappa shape index (κ1) is 14.2. The van der Waals surface area contributed by atoms with Gasteiger partial charge in [0.1, 0.15) is 6.04 Å². The van der Waals surface area contributed by atoms with Crippen molar-refractivity contribution in [2.24, 2.45) is 0 Å². The van der Waals surface area contributed by atoms with Crippen LogP contribution in [0.5, 0.6) is 5.88 Å². The van der Waals surface area contributed by atoms with Crippen molar-refractivity contribution in [3.05, 3.63) is 12.3 Å². The Balaban J connectivity index is 2.84. The quantitative estimate of drug-likeness (QED) is 0.794. The van der Waals surface area contributed by atoms with Crippen LogP contribution in [0.4, 0.5) is 5.95 Å². The van der Waals surface area contributed by atoms with Crippen molar-refractivity contribution < 1.29 is 14.6 Å². The summed E-state index contributed by atoms with van der Waals surface area (Å²) in [6.45, 7) is 4.40. The fourth-order valence-electron chi connectivity index (χ4n) is 1.54. The SMILES string of the molecule is CCCOc1ccnc(N(C)C(CC)C(=O)O)n1. The Labute approximate surface area is 107 Å². The molecule has 0 aliphatic rings. The van der Waals surface area contributed by atoms with Crippen molar-refractivity contribution in [2.45, 2.75) is 32.7 Å². The van der Waals surface area contributed by atoms with Gasteiger partial charge in [0.2, 0.25) is 11.8 Å². The molecule has 0 fully saturated rings. The number of nitrogens with zero attached hydrogens (tertiary/aromatic N) is 3. The second kappa shape index (κ2) is 6.78. The van der Waals surface area contributed by atoms with Gasteiger partial charge in [0.05, 0.1) is 6.61 Å². The van der Waals surface area contributed by atoms with E-state index in [9.17, 15) is 4.79 Å². The number of aromatic nitrogens is 2. The highest BCUT2D eigenvalue weighted by Crippen LogP contribution is 2.15. The van der Waals surface area contributed by atoms with Gasteiger partial charge in [-0.2, -0.15) is 4.98 Å². The van der Waals surface area contributed by atoms with Gasteiger partial charge in [-0.15, -0.1) is 0 Å². The third-order valence-corrected chi connectivity index (χ3v) is 2.53. The first-order valence-electron chi connectivity index (χ1n) is 6.01. The van der Waals surface area contributed by atoms with E-state index in [2.05, 4.69) is 9.97 Å². The zero-order valence-corrected chi connectivity index (χ0v) is 11.0. The molecule has 1 unspecified atom stereocenters. The molecule has 0 aliphatic heterocycles. The maximum atomic E-state index is 11.1. The first-order valence-corrected chi connectivity index (χ1v) is 6.01.